The number of aliphatic imine (C=N–C) groups is 1. The Morgan fingerprint density at radius 2 is 1.94 bits per heavy atom. The average Bonchev–Trinajstić information content (AvgIpc) is 3.19. The topological polar surface area (TPSA) is 57.8 Å². The van der Waals surface area contributed by atoms with Crippen LogP contribution in [0.15, 0.2) is 59.7 Å². The third-order valence-corrected chi connectivity index (χ3v) is 5.97. The lowest BCUT2D eigenvalue weighted by atomic mass is 9.82. The fraction of sp³-hybridized carbons (Fsp3) is 0.458. The maximum Gasteiger partial charge on any atom is 0.193 e. The molecule has 3 heterocycles. The summed E-state index contributed by atoms with van der Waals surface area (Å²) < 4.78 is 2.06. The number of benzene rings is 1. The third-order valence-electron chi connectivity index (χ3n) is 5.97. The van der Waals surface area contributed by atoms with E-state index in [9.17, 15) is 0 Å². The molecular formula is C24H33IN6. The molecule has 0 aliphatic carbocycles. The van der Waals surface area contributed by atoms with Crippen LogP contribution in [0.1, 0.15) is 44.0 Å². The number of guanidine groups is 1. The molecule has 1 aliphatic rings. The first kappa shape index (κ1) is 23.5. The third kappa shape index (κ3) is 5.75. The minimum Gasteiger partial charge on any atom is -0.357 e. The zero-order chi connectivity index (χ0) is 20.8. The molecule has 1 saturated heterocycles. The first-order chi connectivity index (χ1) is 14.8. The van der Waals surface area contributed by atoms with Crippen LogP contribution in [0.2, 0.25) is 0 Å². The van der Waals surface area contributed by atoms with Crippen molar-refractivity contribution in [2.24, 2.45) is 10.9 Å². The van der Waals surface area contributed by atoms with Crippen LogP contribution < -0.4 is 5.32 Å². The average molecular weight is 532 g/mol. The van der Waals surface area contributed by atoms with Crippen molar-refractivity contribution >= 4 is 35.6 Å². The molecule has 2 unspecified atom stereocenters. The van der Waals surface area contributed by atoms with Gasteiger partial charge in [-0.2, -0.15) is 0 Å². The molecule has 31 heavy (non-hydrogen) atoms. The van der Waals surface area contributed by atoms with Gasteiger partial charge < -0.3 is 10.2 Å². The van der Waals surface area contributed by atoms with Crippen molar-refractivity contribution in [3.63, 3.8) is 0 Å². The molecule has 6 nitrogen and oxygen atoms in total. The van der Waals surface area contributed by atoms with Gasteiger partial charge in [-0.05, 0) is 49.3 Å². The van der Waals surface area contributed by atoms with Gasteiger partial charge in [0.2, 0.25) is 0 Å². The second kappa shape index (κ2) is 11.5. The molecule has 0 spiro atoms. The van der Waals surface area contributed by atoms with Crippen molar-refractivity contribution in [2.45, 2.75) is 39.0 Å². The molecule has 2 atom stereocenters. The smallest absolute Gasteiger partial charge is 0.193 e. The van der Waals surface area contributed by atoms with Crippen LogP contribution in [0.25, 0.3) is 5.65 Å². The van der Waals surface area contributed by atoms with E-state index >= 15 is 0 Å². The van der Waals surface area contributed by atoms with E-state index in [1.54, 1.807) is 0 Å². The van der Waals surface area contributed by atoms with E-state index in [0.717, 1.165) is 56.5 Å². The van der Waals surface area contributed by atoms with Gasteiger partial charge in [0, 0.05) is 38.8 Å². The van der Waals surface area contributed by atoms with Gasteiger partial charge in [-0.3, -0.25) is 9.39 Å². The van der Waals surface area contributed by atoms with Crippen LogP contribution in [0.4, 0.5) is 0 Å². The van der Waals surface area contributed by atoms with Crippen LogP contribution >= 0.6 is 24.0 Å². The Labute approximate surface area is 202 Å². The monoisotopic (exact) mass is 532 g/mol. The normalized spacial score (nSPS) is 19.3. The number of aryl methyl sites for hydroxylation is 1. The molecule has 2 aromatic heterocycles. The van der Waals surface area contributed by atoms with Crippen LogP contribution in [0.5, 0.6) is 0 Å². The van der Waals surface area contributed by atoms with Crippen LogP contribution in [-0.2, 0) is 6.42 Å². The number of aromatic nitrogens is 3. The lowest BCUT2D eigenvalue weighted by Gasteiger charge is -2.39. The highest BCUT2D eigenvalue weighted by Crippen LogP contribution is 2.32. The van der Waals surface area contributed by atoms with Crippen molar-refractivity contribution in [1.82, 2.24) is 24.8 Å². The van der Waals surface area contributed by atoms with E-state index in [-0.39, 0.29) is 24.0 Å². The van der Waals surface area contributed by atoms with Gasteiger partial charge in [-0.1, -0.05) is 43.3 Å². The number of piperidine rings is 1. The number of hydrogen-bond donors (Lipinski definition) is 1. The molecule has 166 valence electrons. The van der Waals surface area contributed by atoms with E-state index < -0.39 is 0 Å². The van der Waals surface area contributed by atoms with Gasteiger partial charge in [-0.15, -0.1) is 34.2 Å². The van der Waals surface area contributed by atoms with Crippen LogP contribution in [0, 0.1) is 5.92 Å². The molecular weight excluding hydrogens is 499 g/mol. The Bertz CT molecular complexity index is 970. The van der Waals surface area contributed by atoms with E-state index in [1.807, 2.05) is 24.4 Å². The fourth-order valence-electron chi connectivity index (χ4n) is 4.44. The Morgan fingerprint density at radius 3 is 2.71 bits per heavy atom. The summed E-state index contributed by atoms with van der Waals surface area (Å²) in [7, 11) is 0. The number of likely N-dealkylation sites (tertiary alicyclic amines) is 1. The summed E-state index contributed by atoms with van der Waals surface area (Å²) in [5.74, 6) is 3.28. The highest BCUT2D eigenvalue weighted by molar-refractivity contribution is 14.0. The molecule has 0 saturated carbocycles. The number of hydrogen-bond acceptors (Lipinski definition) is 3. The summed E-state index contributed by atoms with van der Waals surface area (Å²) in [6.45, 7) is 8.27. The second-order valence-electron chi connectivity index (χ2n) is 8.11. The largest absolute Gasteiger partial charge is 0.357 e. The van der Waals surface area contributed by atoms with Crippen LogP contribution in [-0.4, -0.2) is 51.6 Å². The zero-order valence-electron chi connectivity index (χ0n) is 18.4. The van der Waals surface area contributed by atoms with Gasteiger partial charge in [0.15, 0.2) is 11.6 Å². The van der Waals surface area contributed by atoms with Crippen molar-refractivity contribution in [3.8, 4) is 0 Å². The van der Waals surface area contributed by atoms with Crippen molar-refractivity contribution in [3.05, 3.63) is 66.1 Å². The molecule has 1 aromatic carbocycles. The minimum absolute atomic E-state index is 0. The van der Waals surface area contributed by atoms with Crippen LogP contribution in [0.3, 0.4) is 0 Å². The van der Waals surface area contributed by atoms with Gasteiger partial charge >= 0.3 is 0 Å². The van der Waals surface area contributed by atoms with Crippen molar-refractivity contribution in [2.75, 3.05) is 26.2 Å². The predicted molar refractivity (Wildman–Crippen MR) is 137 cm³/mol. The number of fused-ring (bicyclic) bond motifs is 1. The molecule has 1 aliphatic heterocycles. The summed E-state index contributed by atoms with van der Waals surface area (Å²) in [6.07, 6.45) is 5.03. The molecule has 0 amide bonds. The Balaban J connectivity index is 0.00000272. The van der Waals surface area contributed by atoms with E-state index in [2.05, 4.69) is 69.0 Å². The summed E-state index contributed by atoms with van der Waals surface area (Å²) in [5.41, 5.74) is 2.37. The first-order valence-electron chi connectivity index (χ1n) is 11.1. The molecule has 4 rings (SSSR count). The molecule has 7 heteroatoms. The summed E-state index contributed by atoms with van der Waals surface area (Å²) in [6, 6.07) is 16.9. The Kier molecular flexibility index (Phi) is 8.69. The Hall–Kier alpha value is -2.16. The van der Waals surface area contributed by atoms with E-state index in [4.69, 9.17) is 4.99 Å². The summed E-state index contributed by atoms with van der Waals surface area (Å²) >= 11 is 0. The Morgan fingerprint density at radius 1 is 1.13 bits per heavy atom. The zero-order valence-corrected chi connectivity index (χ0v) is 20.8. The molecule has 1 fully saturated rings. The van der Waals surface area contributed by atoms with E-state index in [0.29, 0.717) is 11.8 Å². The molecule has 0 bridgehead atoms. The quantitative estimate of drug-likeness (QED) is 0.222. The standard InChI is InChI=1S/C24H32N6.HI/c1-3-25-24(26-15-9-13-23-28-27-22-12-7-8-16-30(22)23)29-17-14-21(19(2)18-29)20-10-5-4-6-11-20;/h4-8,10-12,16,19,21H,3,9,13-15,17-18H2,1-2H3,(H,25,26);1H. The van der Waals surface area contributed by atoms with E-state index in [1.165, 1.54) is 12.0 Å². The highest BCUT2D eigenvalue weighted by Gasteiger charge is 2.28. The number of nitrogens with one attached hydrogen (secondary N) is 1. The first-order valence-corrected chi connectivity index (χ1v) is 11.1. The number of rotatable bonds is 6. The number of pyridine rings is 1. The van der Waals surface area contributed by atoms with Crippen molar-refractivity contribution < 1.29 is 0 Å². The van der Waals surface area contributed by atoms with Crippen molar-refractivity contribution in [1.29, 1.82) is 0 Å². The highest BCUT2D eigenvalue weighted by atomic mass is 127. The SMILES string of the molecule is CCNC(=NCCCc1nnc2ccccn12)N1CCC(c2ccccc2)C(C)C1.I. The second-order valence-corrected chi connectivity index (χ2v) is 8.11. The lowest BCUT2D eigenvalue weighted by molar-refractivity contribution is 0.234. The van der Waals surface area contributed by atoms with Gasteiger partial charge in [0.05, 0.1) is 0 Å². The molecule has 0 radical (unpaired) electrons. The minimum atomic E-state index is 0. The fourth-order valence-corrected chi connectivity index (χ4v) is 4.44. The maximum atomic E-state index is 4.92. The van der Waals surface area contributed by atoms with Gasteiger partial charge in [-0.25, -0.2) is 0 Å². The van der Waals surface area contributed by atoms with Gasteiger partial charge in [0.25, 0.3) is 0 Å². The number of halogens is 1. The lowest BCUT2D eigenvalue weighted by Crippen LogP contribution is -2.48. The van der Waals surface area contributed by atoms with Gasteiger partial charge in [0.1, 0.15) is 5.82 Å². The summed E-state index contributed by atoms with van der Waals surface area (Å²) in [5, 5.41) is 12.0. The molecule has 1 N–H and O–H groups in total. The maximum absolute atomic E-state index is 4.92. The number of nitrogens with zero attached hydrogens (tertiary/aromatic N) is 5. The molecule has 3 aromatic rings. The summed E-state index contributed by atoms with van der Waals surface area (Å²) in [4.78, 5) is 7.35. The predicted octanol–water partition coefficient (Wildman–Crippen LogP) is 4.37.